The van der Waals surface area contributed by atoms with Crippen LogP contribution in [-0.4, -0.2) is 21.6 Å². The third-order valence-corrected chi connectivity index (χ3v) is 6.87. The second-order valence-corrected chi connectivity index (χ2v) is 9.91. The van der Waals surface area contributed by atoms with Gasteiger partial charge in [-0.1, -0.05) is 12.1 Å². The van der Waals surface area contributed by atoms with Crippen LogP contribution in [0.25, 0.3) is 10.4 Å². The topological polar surface area (TPSA) is 142 Å². The zero-order chi connectivity index (χ0) is 24.3. The minimum atomic E-state index is -4.35. The molecule has 0 aliphatic carbocycles. The van der Waals surface area contributed by atoms with E-state index in [-0.39, 0.29) is 11.2 Å². The molecule has 0 saturated heterocycles. The third kappa shape index (κ3) is 5.41. The normalized spacial score (nSPS) is 11.1. The number of nitrogen functional groups attached to an aromatic ring is 1. The fraction of sp³-hybridized carbons (Fsp3) is 0. The van der Waals surface area contributed by atoms with E-state index in [0.717, 1.165) is 10.4 Å². The molecule has 0 unspecified atom stereocenters. The fourth-order valence-corrected chi connectivity index (χ4v) is 4.43. The molecule has 3 aromatic carbocycles. The van der Waals surface area contributed by atoms with Crippen LogP contribution in [0.2, 0.25) is 0 Å². The largest absolute Gasteiger partial charge is 0.397 e. The molecule has 34 heavy (non-hydrogen) atoms. The van der Waals surface area contributed by atoms with Crippen LogP contribution in [0.5, 0.6) is 0 Å². The molecule has 6 N–H and O–H groups in total. The zero-order valence-corrected chi connectivity index (χ0v) is 19.3. The SMILES string of the molecule is Nc1ccc(-c2cccs2)cc1NC(=O)c1ccc(C(=O)Nc2ccc(P(=O)(O)O)cc2)cc1. The van der Waals surface area contributed by atoms with Crippen molar-refractivity contribution in [2.45, 2.75) is 0 Å². The molecule has 4 aromatic rings. The van der Waals surface area contributed by atoms with E-state index in [1.54, 1.807) is 17.4 Å². The van der Waals surface area contributed by atoms with Gasteiger partial charge in [-0.05, 0) is 77.7 Å². The number of benzene rings is 3. The predicted octanol–water partition coefficient (Wildman–Crippen LogP) is 4.30. The monoisotopic (exact) mass is 493 g/mol. The minimum Gasteiger partial charge on any atom is -0.397 e. The first-order chi connectivity index (χ1) is 16.2. The van der Waals surface area contributed by atoms with Crippen molar-refractivity contribution >= 4 is 53.1 Å². The van der Waals surface area contributed by atoms with Crippen LogP contribution in [0, 0.1) is 0 Å². The van der Waals surface area contributed by atoms with Gasteiger partial charge in [-0.2, -0.15) is 0 Å². The van der Waals surface area contributed by atoms with Crippen LogP contribution in [-0.2, 0) is 4.57 Å². The summed E-state index contributed by atoms with van der Waals surface area (Å²) in [5.74, 6) is -0.793. The highest BCUT2D eigenvalue weighted by molar-refractivity contribution is 7.60. The van der Waals surface area contributed by atoms with Crippen molar-refractivity contribution in [3.63, 3.8) is 0 Å². The Balaban J connectivity index is 1.43. The van der Waals surface area contributed by atoms with E-state index in [1.165, 1.54) is 48.5 Å². The number of carbonyl (C=O) groups is 2. The van der Waals surface area contributed by atoms with Crippen molar-refractivity contribution in [1.82, 2.24) is 0 Å². The fourth-order valence-electron chi connectivity index (χ4n) is 3.17. The molecule has 2 amide bonds. The van der Waals surface area contributed by atoms with Crippen LogP contribution in [0.3, 0.4) is 0 Å². The molecule has 0 saturated carbocycles. The summed E-state index contributed by atoms with van der Waals surface area (Å²) >= 11 is 1.59. The summed E-state index contributed by atoms with van der Waals surface area (Å²) in [4.78, 5) is 44.6. The van der Waals surface area contributed by atoms with Gasteiger partial charge >= 0.3 is 7.60 Å². The number of nitrogens with one attached hydrogen (secondary N) is 2. The Kier molecular flexibility index (Phi) is 6.63. The van der Waals surface area contributed by atoms with Gasteiger partial charge in [0, 0.05) is 21.7 Å². The van der Waals surface area contributed by atoms with Crippen molar-refractivity contribution in [2.75, 3.05) is 16.4 Å². The van der Waals surface area contributed by atoms with Crippen molar-refractivity contribution in [1.29, 1.82) is 0 Å². The van der Waals surface area contributed by atoms with Crippen LogP contribution in [0.1, 0.15) is 20.7 Å². The lowest BCUT2D eigenvalue weighted by Crippen LogP contribution is -2.15. The summed E-state index contributed by atoms with van der Waals surface area (Å²) < 4.78 is 11.2. The molecule has 0 fully saturated rings. The van der Waals surface area contributed by atoms with E-state index in [4.69, 9.17) is 15.5 Å². The molecule has 0 radical (unpaired) electrons. The zero-order valence-electron chi connectivity index (χ0n) is 17.6. The van der Waals surface area contributed by atoms with Gasteiger partial charge in [0.25, 0.3) is 11.8 Å². The molecule has 0 spiro atoms. The molecule has 0 atom stereocenters. The van der Waals surface area contributed by atoms with Crippen molar-refractivity contribution in [3.05, 3.63) is 95.4 Å². The first kappa shape index (κ1) is 23.4. The number of amides is 2. The Hall–Kier alpha value is -3.75. The molecule has 172 valence electrons. The van der Waals surface area contributed by atoms with Gasteiger partial charge in [0.15, 0.2) is 0 Å². The molecule has 10 heteroatoms. The van der Waals surface area contributed by atoms with E-state index in [2.05, 4.69) is 10.6 Å². The molecule has 4 rings (SSSR count). The molecular formula is C24H20N3O5PS. The minimum absolute atomic E-state index is 0.137. The average molecular weight is 493 g/mol. The maximum absolute atomic E-state index is 12.7. The number of rotatable bonds is 6. The smallest absolute Gasteiger partial charge is 0.356 e. The van der Waals surface area contributed by atoms with Crippen molar-refractivity contribution in [2.24, 2.45) is 0 Å². The molecule has 0 bridgehead atoms. The van der Waals surface area contributed by atoms with Crippen LogP contribution in [0.15, 0.2) is 84.2 Å². The first-order valence-corrected chi connectivity index (χ1v) is 12.5. The van der Waals surface area contributed by atoms with Gasteiger partial charge in [-0.3, -0.25) is 14.2 Å². The summed E-state index contributed by atoms with van der Waals surface area (Å²) in [7, 11) is -4.35. The number of thiophene rings is 1. The summed E-state index contributed by atoms with van der Waals surface area (Å²) in [6.45, 7) is 0. The van der Waals surface area contributed by atoms with Gasteiger partial charge in [-0.25, -0.2) is 0 Å². The van der Waals surface area contributed by atoms with Crippen LogP contribution < -0.4 is 21.7 Å². The highest BCUT2D eigenvalue weighted by Gasteiger charge is 2.17. The molecular weight excluding hydrogens is 473 g/mol. The standard InChI is InChI=1S/C24H20N3O5PS/c25-20-12-7-17(22-2-1-13-34-22)14-21(20)27-24(29)16-5-3-15(4-6-16)23(28)26-18-8-10-19(11-9-18)33(30,31)32/h1-14H,25H2,(H,26,28)(H,27,29)(H2,30,31,32). The summed E-state index contributed by atoms with van der Waals surface area (Å²) in [5, 5.41) is 7.29. The second kappa shape index (κ2) is 9.62. The lowest BCUT2D eigenvalue weighted by atomic mass is 10.1. The molecule has 0 aliphatic rings. The second-order valence-electron chi connectivity index (χ2n) is 7.36. The Morgan fingerprint density at radius 1 is 0.824 bits per heavy atom. The Labute approximate surface area is 199 Å². The Bertz CT molecular complexity index is 1380. The van der Waals surface area contributed by atoms with E-state index < -0.39 is 13.5 Å². The Morgan fingerprint density at radius 3 is 2.00 bits per heavy atom. The molecule has 8 nitrogen and oxygen atoms in total. The van der Waals surface area contributed by atoms with E-state index in [1.807, 2.05) is 29.6 Å². The summed E-state index contributed by atoms with van der Waals surface area (Å²) in [6.07, 6.45) is 0. The van der Waals surface area contributed by atoms with Gasteiger partial charge in [0.2, 0.25) is 0 Å². The number of carbonyl (C=O) groups excluding carboxylic acids is 2. The number of anilines is 3. The number of hydrogen-bond donors (Lipinski definition) is 5. The van der Waals surface area contributed by atoms with E-state index in [9.17, 15) is 14.2 Å². The van der Waals surface area contributed by atoms with Gasteiger partial charge in [0.05, 0.1) is 16.7 Å². The van der Waals surface area contributed by atoms with Gasteiger partial charge < -0.3 is 26.2 Å². The molecule has 1 heterocycles. The number of hydrogen-bond acceptors (Lipinski definition) is 5. The van der Waals surface area contributed by atoms with Crippen molar-refractivity contribution in [3.8, 4) is 10.4 Å². The van der Waals surface area contributed by atoms with Crippen LogP contribution >= 0.6 is 18.9 Å². The van der Waals surface area contributed by atoms with E-state index >= 15 is 0 Å². The highest BCUT2D eigenvalue weighted by Crippen LogP contribution is 2.33. The highest BCUT2D eigenvalue weighted by atomic mass is 32.1. The lowest BCUT2D eigenvalue weighted by molar-refractivity contribution is 0.101. The third-order valence-electron chi connectivity index (χ3n) is 4.98. The summed E-state index contributed by atoms with van der Waals surface area (Å²) in [5.41, 5.74) is 8.96. The predicted molar refractivity (Wildman–Crippen MR) is 135 cm³/mol. The summed E-state index contributed by atoms with van der Waals surface area (Å²) in [6, 6.07) is 20.8. The molecule has 0 aliphatic heterocycles. The van der Waals surface area contributed by atoms with Gasteiger partial charge in [0.1, 0.15) is 0 Å². The maximum Gasteiger partial charge on any atom is 0.356 e. The lowest BCUT2D eigenvalue weighted by Gasteiger charge is -2.11. The number of nitrogens with two attached hydrogens (primary N) is 1. The van der Waals surface area contributed by atoms with E-state index in [0.29, 0.717) is 28.2 Å². The van der Waals surface area contributed by atoms with Crippen molar-refractivity contribution < 1.29 is 23.9 Å². The van der Waals surface area contributed by atoms with Gasteiger partial charge in [-0.15, -0.1) is 11.3 Å². The van der Waals surface area contributed by atoms with Crippen LogP contribution in [0.4, 0.5) is 17.1 Å². The average Bonchev–Trinajstić information content (AvgIpc) is 3.35. The Morgan fingerprint density at radius 2 is 1.44 bits per heavy atom. The molecule has 1 aromatic heterocycles. The quantitative estimate of drug-likeness (QED) is 0.200. The first-order valence-electron chi connectivity index (χ1n) is 10.0. The maximum atomic E-state index is 12.7.